The highest BCUT2D eigenvalue weighted by Gasteiger charge is 2.32. The van der Waals surface area contributed by atoms with Crippen LogP contribution in [0.15, 0.2) is 121 Å². The lowest BCUT2D eigenvalue weighted by Gasteiger charge is -2.29. The number of urea groups is 1. The molecule has 0 N–H and O–H groups in total. The molecule has 0 fully saturated rings. The first-order chi connectivity index (χ1) is 23.6. The van der Waals surface area contributed by atoms with E-state index in [2.05, 4.69) is 145 Å². The third-order valence-electron chi connectivity index (χ3n) is 9.96. The van der Waals surface area contributed by atoms with E-state index in [0.717, 1.165) is 72.4 Å². The second-order valence-corrected chi connectivity index (χ2v) is 13.3. The summed E-state index contributed by atoms with van der Waals surface area (Å²) in [5.41, 5.74) is 8.96. The van der Waals surface area contributed by atoms with Crippen LogP contribution in [0.4, 0.5) is 16.2 Å². The molecule has 48 heavy (non-hydrogen) atoms. The van der Waals surface area contributed by atoms with Gasteiger partial charge in [0.05, 0.1) is 11.4 Å². The summed E-state index contributed by atoms with van der Waals surface area (Å²) in [6.45, 7) is 5.92. The van der Waals surface area contributed by atoms with Crippen molar-refractivity contribution in [3.63, 3.8) is 0 Å². The molecule has 7 rings (SSSR count). The molecule has 0 aromatic heterocycles. The maximum atomic E-state index is 14.7. The Morgan fingerprint density at radius 1 is 0.417 bits per heavy atom. The smallest absolute Gasteiger partial charge is 0.293 e. The van der Waals surface area contributed by atoms with Crippen molar-refractivity contribution in [1.29, 1.82) is 0 Å². The normalized spacial score (nSPS) is 12.8. The highest BCUT2D eigenvalue weighted by atomic mass is 16.2. The molecule has 0 spiro atoms. The van der Waals surface area contributed by atoms with Gasteiger partial charge in [0.1, 0.15) is 0 Å². The molecule has 242 valence electrons. The van der Waals surface area contributed by atoms with E-state index in [0.29, 0.717) is 0 Å². The maximum absolute atomic E-state index is 14.7. The van der Waals surface area contributed by atoms with Crippen molar-refractivity contribution in [3.8, 4) is 33.4 Å². The number of nitrogens with zero attached hydrogens (tertiary/aromatic N) is 2. The van der Waals surface area contributed by atoms with E-state index in [9.17, 15) is 4.79 Å². The average Bonchev–Trinajstić information content (AvgIpc) is 3.23. The van der Waals surface area contributed by atoms with Crippen molar-refractivity contribution in [3.05, 3.63) is 121 Å². The van der Waals surface area contributed by atoms with E-state index in [1.54, 1.807) is 0 Å². The zero-order chi connectivity index (χ0) is 32.9. The first-order valence-corrected chi connectivity index (χ1v) is 18.0. The van der Waals surface area contributed by atoms with Gasteiger partial charge in [0, 0.05) is 24.2 Å². The minimum absolute atomic E-state index is 0.0971. The summed E-state index contributed by atoms with van der Waals surface area (Å²) in [7, 11) is 0. The van der Waals surface area contributed by atoms with Crippen molar-refractivity contribution in [2.24, 2.45) is 0 Å². The van der Waals surface area contributed by atoms with Gasteiger partial charge in [-0.05, 0) is 93.0 Å². The topological polar surface area (TPSA) is 23.6 Å². The van der Waals surface area contributed by atoms with E-state index in [-0.39, 0.29) is 6.03 Å². The lowest BCUT2D eigenvalue weighted by Crippen LogP contribution is -2.44. The number of carbonyl (C=O) groups excluding carboxylic acids is 1. The first-order valence-electron chi connectivity index (χ1n) is 18.0. The highest BCUT2D eigenvalue weighted by molar-refractivity contribution is 6.12. The lowest BCUT2D eigenvalue weighted by atomic mass is 9.92. The summed E-state index contributed by atoms with van der Waals surface area (Å²) in [5, 5.41) is 4.94. The number of rotatable bonds is 12. The molecule has 0 atom stereocenters. The minimum Gasteiger partial charge on any atom is -0.293 e. The Labute approximate surface area is 285 Å². The molecule has 1 heterocycles. The third kappa shape index (κ3) is 6.47. The summed E-state index contributed by atoms with van der Waals surface area (Å²) >= 11 is 0. The molecular weight excluding hydrogens is 585 g/mol. The number of carbonyl (C=O) groups is 1. The van der Waals surface area contributed by atoms with Crippen LogP contribution in [0.25, 0.3) is 54.9 Å². The van der Waals surface area contributed by atoms with Gasteiger partial charge in [-0.25, -0.2) is 4.79 Å². The highest BCUT2D eigenvalue weighted by Crippen LogP contribution is 2.45. The standard InChI is InChI=1S/C45H46N2O/c1-3-5-7-13-27-46-43-25-23-39(37-21-19-33-15-9-11-17-35(33)29-37)31-41(43)42-32-40(38-22-20-34-16-10-12-18-36(34)30-38)24-26-44(42)47(45(46)48)28-14-8-6-4-2/h9-12,15-26,29-32H,3-8,13-14,27-28H2,1-2H3. The Morgan fingerprint density at radius 2 is 0.812 bits per heavy atom. The molecule has 3 heteroatoms. The van der Waals surface area contributed by atoms with Gasteiger partial charge in [0.15, 0.2) is 0 Å². The Kier molecular flexibility index (Phi) is 9.56. The molecular formula is C45H46N2O. The Morgan fingerprint density at radius 3 is 1.25 bits per heavy atom. The average molecular weight is 631 g/mol. The van der Waals surface area contributed by atoms with Crippen LogP contribution in [0.3, 0.4) is 0 Å². The second-order valence-electron chi connectivity index (χ2n) is 13.3. The molecule has 0 radical (unpaired) electrons. The molecule has 2 amide bonds. The fourth-order valence-electron chi connectivity index (χ4n) is 7.25. The molecule has 6 aromatic rings. The van der Waals surface area contributed by atoms with Gasteiger partial charge in [0.2, 0.25) is 0 Å². The molecule has 3 nitrogen and oxygen atoms in total. The molecule has 0 saturated carbocycles. The molecule has 6 aromatic carbocycles. The molecule has 1 aliphatic rings. The van der Waals surface area contributed by atoms with Crippen LogP contribution < -0.4 is 9.80 Å². The van der Waals surface area contributed by atoms with E-state index in [1.807, 2.05) is 0 Å². The molecule has 0 bridgehead atoms. The SMILES string of the molecule is CCCCCCN1C(=O)N(CCCCCC)c2ccc(-c3ccc4ccccc4c3)cc2-c2cc(-c3ccc4ccccc4c3)ccc21. The largest absolute Gasteiger partial charge is 0.328 e. The summed E-state index contributed by atoms with van der Waals surface area (Å²) in [6, 6.07) is 44.1. The van der Waals surface area contributed by atoms with Crippen LogP contribution in [-0.2, 0) is 0 Å². The van der Waals surface area contributed by atoms with E-state index < -0.39 is 0 Å². The molecule has 1 aliphatic heterocycles. The Bertz CT molecular complexity index is 1910. The van der Waals surface area contributed by atoms with Crippen LogP contribution >= 0.6 is 0 Å². The molecule has 0 saturated heterocycles. The minimum atomic E-state index is 0.0971. The molecule has 0 unspecified atom stereocenters. The van der Waals surface area contributed by atoms with E-state index in [4.69, 9.17) is 0 Å². The summed E-state index contributed by atoms with van der Waals surface area (Å²) in [6.07, 6.45) is 8.96. The predicted molar refractivity (Wildman–Crippen MR) is 206 cm³/mol. The maximum Gasteiger partial charge on any atom is 0.328 e. The van der Waals surface area contributed by atoms with E-state index in [1.165, 1.54) is 58.4 Å². The van der Waals surface area contributed by atoms with Crippen LogP contribution in [0, 0.1) is 0 Å². The van der Waals surface area contributed by atoms with Crippen molar-refractivity contribution < 1.29 is 4.79 Å². The number of hydrogen-bond donors (Lipinski definition) is 0. The molecule has 0 aliphatic carbocycles. The Hall–Kier alpha value is -4.89. The monoisotopic (exact) mass is 630 g/mol. The van der Waals surface area contributed by atoms with Crippen LogP contribution in [0.5, 0.6) is 0 Å². The quantitative estimate of drug-likeness (QED) is 0.123. The van der Waals surface area contributed by atoms with E-state index >= 15 is 0 Å². The fraction of sp³-hybridized carbons (Fsp3) is 0.267. The van der Waals surface area contributed by atoms with Gasteiger partial charge in [0.25, 0.3) is 0 Å². The van der Waals surface area contributed by atoms with Crippen LogP contribution in [0.2, 0.25) is 0 Å². The van der Waals surface area contributed by atoms with Gasteiger partial charge in [-0.1, -0.05) is 137 Å². The van der Waals surface area contributed by atoms with Crippen molar-refractivity contribution in [1.82, 2.24) is 0 Å². The zero-order valence-corrected chi connectivity index (χ0v) is 28.4. The van der Waals surface area contributed by atoms with Gasteiger partial charge in [-0.2, -0.15) is 0 Å². The zero-order valence-electron chi connectivity index (χ0n) is 28.4. The van der Waals surface area contributed by atoms with Gasteiger partial charge < -0.3 is 0 Å². The number of anilines is 2. The number of unbranched alkanes of at least 4 members (excludes halogenated alkanes) is 6. The van der Waals surface area contributed by atoms with Crippen LogP contribution in [0.1, 0.15) is 65.2 Å². The summed E-state index contributed by atoms with van der Waals surface area (Å²) in [5.74, 6) is 0. The fourth-order valence-corrected chi connectivity index (χ4v) is 7.25. The number of amides is 2. The Balaban J connectivity index is 1.39. The predicted octanol–water partition coefficient (Wildman–Crippen LogP) is 12.9. The van der Waals surface area contributed by atoms with Gasteiger partial charge >= 0.3 is 6.03 Å². The third-order valence-corrected chi connectivity index (χ3v) is 9.96. The van der Waals surface area contributed by atoms with Crippen molar-refractivity contribution in [2.75, 3.05) is 22.9 Å². The lowest BCUT2D eigenvalue weighted by molar-refractivity contribution is 0.251. The van der Waals surface area contributed by atoms with Gasteiger partial charge in [-0.3, -0.25) is 9.80 Å². The van der Waals surface area contributed by atoms with Crippen LogP contribution in [-0.4, -0.2) is 19.1 Å². The second kappa shape index (κ2) is 14.5. The van der Waals surface area contributed by atoms with Crippen molar-refractivity contribution in [2.45, 2.75) is 65.2 Å². The number of fused-ring (bicyclic) bond motifs is 5. The van der Waals surface area contributed by atoms with Crippen molar-refractivity contribution >= 4 is 39.0 Å². The summed E-state index contributed by atoms with van der Waals surface area (Å²) in [4.78, 5) is 18.8. The number of benzene rings is 6. The first kappa shape index (κ1) is 31.7. The number of hydrogen-bond acceptors (Lipinski definition) is 1. The van der Waals surface area contributed by atoms with Gasteiger partial charge in [-0.15, -0.1) is 0 Å². The summed E-state index contributed by atoms with van der Waals surface area (Å²) < 4.78 is 0.